The molecule has 5 nitrogen and oxygen atoms in total. The van der Waals surface area contributed by atoms with Gasteiger partial charge in [0.2, 0.25) is 5.91 Å². The van der Waals surface area contributed by atoms with Gasteiger partial charge in [-0.2, -0.15) is 0 Å². The number of carbonyl (C=O) groups excluding carboxylic acids is 1. The smallest absolute Gasteiger partial charge is 0.238 e. The number of hydrogen-bond acceptors (Lipinski definition) is 4. The van der Waals surface area contributed by atoms with Crippen LogP contribution in [0.25, 0.3) is 0 Å². The van der Waals surface area contributed by atoms with Crippen LogP contribution in [-0.4, -0.2) is 56.7 Å². The standard InChI is InChI=1S/C14H20BrN3O2/c1-18(9-11-8-16-6-7-20-11)10-14(19)17-13-5-3-2-4-12(13)15/h2-5,11,16H,6-10H2,1H3,(H,17,19). The number of carbonyl (C=O) groups is 1. The van der Waals surface area contributed by atoms with Gasteiger partial charge in [0.25, 0.3) is 0 Å². The second-order valence-electron chi connectivity index (χ2n) is 4.92. The number of halogens is 1. The summed E-state index contributed by atoms with van der Waals surface area (Å²) in [7, 11) is 1.93. The highest BCUT2D eigenvalue weighted by Gasteiger charge is 2.17. The fourth-order valence-electron chi connectivity index (χ4n) is 2.15. The minimum Gasteiger partial charge on any atom is -0.374 e. The molecule has 1 aromatic carbocycles. The van der Waals surface area contributed by atoms with Crippen molar-refractivity contribution in [3.8, 4) is 0 Å². The highest BCUT2D eigenvalue weighted by atomic mass is 79.9. The number of amides is 1. The maximum atomic E-state index is 12.0. The molecule has 1 aliphatic heterocycles. The molecule has 6 heteroatoms. The van der Waals surface area contributed by atoms with Gasteiger partial charge in [0.05, 0.1) is 24.9 Å². The van der Waals surface area contributed by atoms with Crippen LogP contribution in [0.3, 0.4) is 0 Å². The van der Waals surface area contributed by atoms with E-state index in [4.69, 9.17) is 4.74 Å². The fourth-order valence-corrected chi connectivity index (χ4v) is 2.53. The van der Waals surface area contributed by atoms with Crippen molar-refractivity contribution in [2.45, 2.75) is 6.10 Å². The van der Waals surface area contributed by atoms with E-state index in [0.29, 0.717) is 6.54 Å². The highest BCUT2D eigenvalue weighted by molar-refractivity contribution is 9.10. The molecule has 0 spiro atoms. The minimum atomic E-state index is -0.0248. The van der Waals surface area contributed by atoms with E-state index >= 15 is 0 Å². The number of ether oxygens (including phenoxy) is 1. The van der Waals surface area contributed by atoms with Crippen molar-refractivity contribution in [2.75, 3.05) is 45.2 Å². The zero-order chi connectivity index (χ0) is 14.4. The van der Waals surface area contributed by atoms with Gasteiger partial charge in [-0.05, 0) is 35.1 Å². The first kappa shape index (κ1) is 15.4. The van der Waals surface area contributed by atoms with Crippen LogP contribution < -0.4 is 10.6 Å². The molecule has 1 heterocycles. The lowest BCUT2D eigenvalue weighted by molar-refractivity contribution is -0.117. The normalized spacial score (nSPS) is 19.1. The molecule has 0 radical (unpaired) electrons. The molecule has 0 bridgehead atoms. The second-order valence-corrected chi connectivity index (χ2v) is 5.78. The van der Waals surface area contributed by atoms with Crippen molar-refractivity contribution in [1.29, 1.82) is 0 Å². The van der Waals surface area contributed by atoms with Crippen LogP contribution in [0.5, 0.6) is 0 Å². The van der Waals surface area contributed by atoms with Crippen molar-refractivity contribution in [1.82, 2.24) is 10.2 Å². The summed E-state index contributed by atoms with van der Waals surface area (Å²) in [6.45, 7) is 3.58. The predicted molar refractivity (Wildman–Crippen MR) is 82.9 cm³/mol. The van der Waals surface area contributed by atoms with Crippen LogP contribution in [0.15, 0.2) is 28.7 Å². The first-order chi connectivity index (χ1) is 9.65. The van der Waals surface area contributed by atoms with Crippen LogP contribution in [0.1, 0.15) is 0 Å². The first-order valence-electron chi connectivity index (χ1n) is 6.70. The molecule has 0 aliphatic carbocycles. The average Bonchev–Trinajstić information content (AvgIpc) is 2.42. The van der Waals surface area contributed by atoms with Crippen LogP contribution in [0, 0.1) is 0 Å². The topological polar surface area (TPSA) is 53.6 Å². The largest absolute Gasteiger partial charge is 0.374 e. The number of nitrogens with one attached hydrogen (secondary N) is 2. The van der Waals surface area contributed by atoms with Gasteiger partial charge in [0.1, 0.15) is 0 Å². The molecule has 1 aromatic rings. The molecule has 0 aromatic heterocycles. The van der Waals surface area contributed by atoms with Gasteiger partial charge >= 0.3 is 0 Å². The molecule has 2 N–H and O–H groups in total. The van der Waals surface area contributed by atoms with Gasteiger partial charge in [-0.3, -0.25) is 9.69 Å². The Hall–Kier alpha value is -0.950. The number of morpholine rings is 1. The first-order valence-corrected chi connectivity index (χ1v) is 7.49. The molecule has 0 saturated carbocycles. The van der Waals surface area contributed by atoms with Crippen LogP contribution in [-0.2, 0) is 9.53 Å². The van der Waals surface area contributed by atoms with E-state index in [0.717, 1.165) is 36.4 Å². The van der Waals surface area contributed by atoms with Gasteiger partial charge in [-0.1, -0.05) is 12.1 Å². The molecule has 1 unspecified atom stereocenters. The monoisotopic (exact) mass is 341 g/mol. The molecular weight excluding hydrogens is 322 g/mol. The SMILES string of the molecule is CN(CC(=O)Nc1ccccc1Br)CC1CNCCO1. The Balaban J connectivity index is 1.77. The number of likely N-dealkylation sites (N-methyl/N-ethyl adjacent to an activating group) is 1. The van der Waals surface area contributed by atoms with Gasteiger partial charge in [-0.25, -0.2) is 0 Å². The van der Waals surface area contributed by atoms with Crippen LogP contribution in [0.2, 0.25) is 0 Å². The Morgan fingerprint density at radius 1 is 1.55 bits per heavy atom. The molecule has 1 saturated heterocycles. The molecular formula is C14H20BrN3O2. The van der Waals surface area contributed by atoms with E-state index < -0.39 is 0 Å². The lowest BCUT2D eigenvalue weighted by atomic mass is 10.3. The lowest BCUT2D eigenvalue weighted by Crippen LogP contribution is -2.45. The van der Waals surface area contributed by atoms with Gasteiger partial charge in [0, 0.05) is 24.1 Å². The Morgan fingerprint density at radius 3 is 3.05 bits per heavy atom. The summed E-state index contributed by atoms with van der Waals surface area (Å²) in [4.78, 5) is 14.0. The van der Waals surface area contributed by atoms with Crippen LogP contribution >= 0.6 is 15.9 Å². The van der Waals surface area contributed by atoms with E-state index in [1.54, 1.807) is 0 Å². The molecule has 1 aliphatic rings. The summed E-state index contributed by atoms with van der Waals surface area (Å²) in [6, 6.07) is 7.59. The molecule has 1 amide bonds. The van der Waals surface area contributed by atoms with Crippen molar-refractivity contribution >= 4 is 27.5 Å². The quantitative estimate of drug-likeness (QED) is 0.847. The third-order valence-corrected chi connectivity index (χ3v) is 3.77. The maximum absolute atomic E-state index is 12.0. The van der Waals surface area contributed by atoms with E-state index in [1.807, 2.05) is 36.2 Å². The Labute approximate surface area is 127 Å². The van der Waals surface area contributed by atoms with Crippen molar-refractivity contribution in [3.05, 3.63) is 28.7 Å². The summed E-state index contributed by atoms with van der Waals surface area (Å²) in [5.74, 6) is -0.0248. The number of rotatable bonds is 5. The minimum absolute atomic E-state index is 0.0248. The predicted octanol–water partition coefficient (Wildman–Crippen LogP) is 1.31. The van der Waals surface area contributed by atoms with Crippen LogP contribution in [0.4, 0.5) is 5.69 Å². The Morgan fingerprint density at radius 2 is 2.35 bits per heavy atom. The van der Waals surface area contributed by atoms with Gasteiger partial charge < -0.3 is 15.4 Å². The fraction of sp³-hybridized carbons (Fsp3) is 0.500. The summed E-state index contributed by atoms with van der Waals surface area (Å²) >= 11 is 3.41. The summed E-state index contributed by atoms with van der Waals surface area (Å²) in [5, 5.41) is 6.18. The molecule has 1 fully saturated rings. The molecule has 20 heavy (non-hydrogen) atoms. The summed E-state index contributed by atoms with van der Waals surface area (Å²) in [5.41, 5.74) is 0.793. The van der Waals surface area contributed by atoms with Gasteiger partial charge in [0.15, 0.2) is 0 Å². The average molecular weight is 342 g/mol. The highest BCUT2D eigenvalue weighted by Crippen LogP contribution is 2.20. The lowest BCUT2D eigenvalue weighted by Gasteiger charge is -2.27. The third kappa shape index (κ3) is 4.86. The van der Waals surface area contributed by atoms with E-state index in [1.165, 1.54) is 0 Å². The van der Waals surface area contributed by atoms with E-state index in [2.05, 4.69) is 26.6 Å². The molecule has 2 rings (SSSR count). The van der Waals surface area contributed by atoms with Crippen molar-refractivity contribution in [2.24, 2.45) is 0 Å². The number of hydrogen-bond donors (Lipinski definition) is 2. The maximum Gasteiger partial charge on any atom is 0.238 e. The zero-order valence-corrected chi connectivity index (χ0v) is 13.1. The molecule has 110 valence electrons. The van der Waals surface area contributed by atoms with Crippen molar-refractivity contribution < 1.29 is 9.53 Å². The van der Waals surface area contributed by atoms with E-state index in [-0.39, 0.29) is 12.0 Å². The summed E-state index contributed by atoms with van der Waals surface area (Å²) in [6.07, 6.45) is 0.157. The molecule has 1 atom stereocenters. The van der Waals surface area contributed by atoms with E-state index in [9.17, 15) is 4.79 Å². The summed E-state index contributed by atoms with van der Waals surface area (Å²) < 4.78 is 6.51. The van der Waals surface area contributed by atoms with Crippen molar-refractivity contribution in [3.63, 3.8) is 0 Å². The second kappa shape index (κ2) is 7.73. The number of para-hydroxylation sites is 1. The Bertz CT molecular complexity index is 450. The zero-order valence-electron chi connectivity index (χ0n) is 11.6. The van der Waals surface area contributed by atoms with Gasteiger partial charge in [-0.15, -0.1) is 0 Å². The third-order valence-electron chi connectivity index (χ3n) is 3.08. The Kier molecular flexibility index (Phi) is 5.97. The number of nitrogens with zero attached hydrogens (tertiary/aromatic N) is 1. The number of benzene rings is 1. The number of anilines is 1.